The smallest absolute Gasteiger partial charge is 0.238 e. The molecule has 0 saturated carbocycles. The lowest BCUT2D eigenvalue weighted by molar-refractivity contribution is -0.125. The highest BCUT2D eigenvalue weighted by molar-refractivity contribution is 5.93. The molecule has 0 aromatic heterocycles. The van der Waals surface area contributed by atoms with Crippen LogP contribution in [0.2, 0.25) is 0 Å². The lowest BCUT2D eigenvalue weighted by atomic mass is 10.1. The molecular weight excluding hydrogens is 418 g/mol. The van der Waals surface area contributed by atoms with Crippen LogP contribution in [-0.4, -0.2) is 69.1 Å². The molecule has 2 aliphatic rings. The van der Waals surface area contributed by atoms with Gasteiger partial charge in [-0.25, -0.2) is 0 Å². The van der Waals surface area contributed by atoms with Crippen LogP contribution in [0.5, 0.6) is 5.75 Å². The molecule has 0 radical (unpaired) electrons. The SMILES string of the molecule is COc1ccc(N2CCN(CC(=O)Nc3ccc(N4CCCCC4)cc3)C(C(N)=O)C2)cc1. The predicted octanol–water partition coefficient (Wildman–Crippen LogP) is 2.30. The summed E-state index contributed by atoms with van der Waals surface area (Å²) in [6.45, 7) is 4.01. The zero-order valence-corrected chi connectivity index (χ0v) is 19.2. The first-order valence-electron chi connectivity index (χ1n) is 11.6. The average Bonchev–Trinajstić information content (AvgIpc) is 2.85. The van der Waals surface area contributed by atoms with E-state index in [-0.39, 0.29) is 12.5 Å². The van der Waals surface area contributed by atoms with Crippen molar-refractivity contribution in [2.75, 3.05) is 61.5 Å². The molecule has 33 heavy (non-hydrogen) atoms. The molecule has 1 atom stereocenters. The van der Waals surface area contributed by atoms with Gasteiger partial charge in [-0.1, -0.05) is 0 Å². The van der Waals surface area contributed by atoms with E-state index in [0.717, 1.165) is 30.2 Å². The van der Waals surface area contributed by atoms with Gasteiger partial charge in [0.1, 0.15) is 11.8 Å². The van der Waals surface area contributed by atoms with Gasteiger partial charge < -0.3 is 25.6 Å². The zero-order chi connectivity index (χ0) is 23.2. The summed E-state index contributed by atoms with van der Waals surface area (Å²) in [7, 11) is 1.63. The molecule has 8 nitrogen and oxygen atoms in total. The minimum absolute atomic E-state index is 0.123. The standard InChI is InChI=1S/C25H33N5O3/c1-33-22-11-9-21(10-12-22)29-15-16-30(23(17-29)25(26)32)18-24(31)27-19-5-7-20(8-6-19)28-13-3-2-4-14-28/h5-12,23H,2-4,13-18H2,1H3,(H2,26,32)(H,27,31). The first-order chi connectivity index (χ1) is 16.0. The molecule has 1 unspecified atom stereocenters. The van der Waals surface area contributed by atoms with E-state index in [4.69, 9.17) is 10.5 Å². The summed E-state index contributed by atoms with van der Waals surface area (Å²) in [4.78, 5) is 31.2. The van der Waals surface area contributed by atoms with Crippen molar-refractivity contribution < 1.29 is 14.3 Å². The Balaban J connectivity index is 1.33. The fourth-order valence-corrected chi connectivity index (χ4v) is 4.60. The molecule has 0 spiro atoms. The summed E-state index contributed by atoms with van der Waals surface area (Å²) in [6.07, 6.45) is 3.75. The topological polar surface area (TPSA) is 91.1 Å². The third-order valence-electron chi connectivity index (χ3n) is 6.48. The van der Waals surface area contributed by atoms with Gasteiger partial charge in [0.05, 0.1) is 13.7 Å². The Morgan fingerprint density at radius 3 is 2.18 bits per heavy atom. The highest BCUT2D eigenvalue weighted by Gasteiger charge is 2.32. The highest BCUT2D eigenvalue weighted by Crippen LogP contribution is 2.24. The normalized spacial score (nSPS) is 19.2. The molecule has 2 saturated heterocycles. The summed E-state index contributed by atoms with van der Waals surface area (Å²) < 4.78 is 5.22. The van der Waals surface area contributed by atoms with Gasteiger partial charge in [0.2, 0.25) is 11.8 Å². The number of primary amides is 1. The number of nitrogens with one attached hydrogen (secondary N) is 1. The van der Waals surface area contributed by atoms with Crippen LogP contribution in [0.3, 0.4) is 0 Å². The molecule has 0 bridgehead atoms. The molecule has 2 aromatic rings. The number of carbonyl (C=O) groups excluding carboxylic acids is 2. The van der Waals surface area contributed by atoms with Crippen molar-refractivity contribution in [1.29, 1.82) is 0 Å². The molecule has 3 N–H and O–H groups in total. The van der Waals surface area contributed by atoms with E-state index < -0.39 is 11.9 Å². The lowest BCUT2D eigenvalue weighted by Crippen LogP contribution is -2.59. The minimum atomic E-state index is -0.534. The third kappa shape index (κ3) is 5.76. The molecule has 176 valence electrons. The van der Waals surface area contributed by atoms with Gasteiger partial charge >= 0.3 is 0 Å². The van der Waals surface area contributed by atoms with E-state index >= 15 is 0 Å². The monoisotopic (exact) mass is 451 g/mol. The number of methoxy groups -OCH3 is 1. The van der Waals surface area contributed by atoms with Gasteiger partial charge in [-0.15, -0.1) is 0 Å². The Bertz CT molecular complexity index is 942. The summed E-state index contributed by atoms with van der Waals surface area (Å²) >= 11 is 0. The van der Waals surface area contributed by atoms with Crippen LogP contribution in [0.1, 0.15) is 19.3 Å². The maximum Gasteiger partial charge on any atom is 0.238 e. The van der Waals surface area contributed by atoms with Crippen molar-refractivity contribution in [3.8, 4) is 5.75 Å². The van der Waals surface area contributed by atoms with Crippen molar-refractivity contribution in [2.24, 2.45) is 5.73 Å². The fourth-order valence-electron chi connectivity index (χ4n) is 4.60. The summed E-state index contributed by atoms with van der Waals surface area (Å²) in [5, 5.41) is 2.96. The molecule has 2 heterocycles. The van der Waals surface area contributed by atoms with Crippen molar-refractivity contribution in [1.82, 2.24) is 4.90 Å². The van der Waals surface area contributed by atoms with Crippen molar-refractivity contribution >= 4 is 28.9 Å². The second kappa shape index (κ2) is 10.6. The van der Waals surface area contributed by atoms with Crippen LogP contribution in [0.25, 0.3) is 0 Å². The van der Waals surface area contributed by atoms with Crippen LogP contribution in [0.15, 0.2) is 48.5 Å². The van der Waals surface area contributed by atoms with E-state index in [0.29, 0.717) is 19.6 Å². The number of nitrogens with zero attached hydrogens (tertiary/aromatic N) is 3. The van der Waals surface area contributed by atoms with Crippen LogP contribution >= 0.6 is 0 Å². The number of amides is 2. The van der Waals surface area contributed by atoms with E-state index in [9.17, 15) is 9.59 Å². The number of piperidine rings is 1. The van der Waals surface area contributed by atoms with E-state index in [2.05, 4.69) is 27.2 Å². The Labute approximate surface area is 195 Å². The molecule has 2 fully saturated rings. The summed E-state index contributed by atoms with van der Waals surface area (Å²) in [5.41, 5.74) is 8.64. The largest absolute Gasteiger partial charge is 0.497 e. The number of hydrogen-bond donors (Lipinski definition) is 2. The van der Waals surface area contributed by atoms with Gasteiger partial charge in [0.25, 0.3) is 0 Å². The first-order valence-corrected chi connectivity index (χ1v) is 11.6. The van der Waals surface area contributed by atoms with Crippen molar-refractivity contribution in [3.05, 3.63) is 48.5 Å². The first kappa shape index (κ1) is 22.9. The van der Waals surface area contributed by atoms with Gasteiger partial charge in [0, 0.05) is 49.8 Å². The Hall–Kier alpha value is -3.26. The van der Waals surface area contributed by atoms with Gasteiger partial charge in [-0.2, -0.15) is 0 Å². The van der Waals surface area contributed by atoms with Crippen LogP contribution in [0, 0.1) is 0 Å². The van der Waals surface area contributed by atoms with Gasteiger partial charge in [-0.3, -0.25) is 14.5 Å². The van der Waals surface area contributed by atoms with Crippen molar-refractivity contribution in [3.63, 3.8) is 0 Å². The Kier molecular flexibility index (Phi) is 7.34. The van der Waals surface area contributed by atoms with Gasteiger partial charge in [-0.05, 0) is 67.8 Å². The number of ether oxygens (including phenoxy) is 1. The summed E-state index contributed by atoms with van der Waals surface area (Å²) in [6, 6.07) is 15.2. The number of piperazine rings is 1. The highest BCUT2D eigenvalue weighted by atomic mass is 16.5. The van der Waals surface area contributed by atoms with Crippen LogP contribution < -0.4 is 25.6 Å². The number of rotatable bonds is 7. The van der Waals surface area contributed by atoms with E-state index in [1.165, 1.54) is 24.9 Å². The molecule has 0 aliphatic carbocycles. The minimum Gasteiger partial charge on any atom is -0.497 e. The predicted molar refractivity (Wildman–Crippen MR) is 131 cm³/mol. The molecule has 2 aromatic carbocycles. The quantitative estimate of drug-likeness (QED) is 0.671. The number of anilines is 3. The Morgan fingerprint density at radius 2 is 1.55 bits per heavy atom. The lowest BCUT2D eigenvalue weighted by Gasteiger charge is -2.40. The summed E-state index contributed by atoms with van der Waals surface area (Å²) in [5.74, 6) is 0.209. The number of nitrogens with two attached hydrogens (primary N) is 1. The number of carbonyl (C=O) groups is 2. The van der Waals surface area contributed by atoms with Crippen molar-refractivity contribution in [2.45, 2.75) is 25.3 Å². The average molecular weight is 452 g/mol. The molecule has 8 heteroatoms. The molecular formula is C25H33N5O3. The van der Waals surface area contributed by atoms with E-state index in [1.807, 2.05) is 41.3 Å². The Morgan fingerprint density at radius 1 is 0.909 bits per heavy atom. The van der Waals surface area contributed by atoms with E-state index in [1.54, 1.807) is 7.11 Å². The second-order valence-electron chi connectivity index (χ2n) is 8.68. The third-order valence-corrected chi connectivity index (χ3v) is 6.48. The van der Waals surface area contributed by atoms with Crippen LogP contribution in [-0.2, 0) is 9.59 Å². The number of benzene rings is 2. The maximum absolute atomic E-state index is 12.7. The van der Waals surface area contributed by atoms with Gasteiger partial charge in [0.15, 0.2) is 0 Å². The van der Waals surface area contributed by atoms with Crippen LogP contribution in [0.4, 0.5) is 17.1 Å². The maximum atomic E-state index is 12.7. The molecule has 4 rings (SSSR count). The fraction of sp³-hybridized carbons (Fsp3) is 0.440. The second-order valence-corrected chi connectivity index (χ2v) is 8.68. The number of hydrogen-bond acceptors (Lipinski definition) is 6. The molecule has 2 amide bonds. The zero-order valence-electron chi connectivity index (χ0n) is 19.2. The molecule has 2 aliphatic heterocycles.